The lowest BCUT2D eigenvalue weighted by atomic mass is 9.89. The molecule has 32 heavy (non-hydrogen) atoms. The van der Waals surface area contributed by atoms with Gasteiger partial charge in [0.2, 0.25) is 0 Å². The van der Waals surface area contributed by atoms with Gasteiger partial charge in [0.15, 0.2) is 0 Å². The number of carbonyl (C=O) groups excluding carboxylic acids is 2. The average Bonchev–Trinajstić information content (AvgIpc) is 3.50. The van der Waals surface area contributed by atoms with Gasteiger partial charge in [-0.1, -0.05) is 60.7 Å². The van der Waals surface area contributed by atoms with Crippen LogP contribution in [0.4, 0.5) is 4.79 Å². The fourth-order valence-electron chi connectivity index (χ4n) is 6.28. The first kappa shape index (κ1) is 19.6. The maximum atomic E-state index is 13.6. The van der Waals surface area contributed by atoms with Crippen LogP contribution in [0.2, 0.25) is 0 Å². The van der Waals surface area contributed by atoms with E-state index in [-0.39, 0.29) is 36.6 Å². The molecule has 5 nitrogen and oxygen atoms in total. The Hall–Kier alpha value is -3.08. The normalized spacial score (nSPS) is 28.2. The van der Waals surface area contributed by atoms with E-state index in [9.17, 15) is 9.59 Å². The van der Waals surface area contributed by atoms with Gasteiger partial charge >= 0.3 is 6.09 Å². The average molecular weight is 429 g/mol. The van der Waals surface area contributed by atoms with Crippen molar-refractivity contribution in [3.63, 3.8) is 0 Å². The van der Waals surface area contributed by atoms with Gasteiger partial charge in [0.1, 0.15) is 12.1 Å². The van der Waals surface area contributed by atoms with Gasteiger partial charge in [-0.05, 0) is 54.9 Å². The molecule has 0 aromatic heterocycles. The smallest absolute Gasteiger partial charge is 0.410 e. The summed E-state index contributed by atoms with van der Waals surface area (Å²) in [5.74, 6) is 0.0893. The van der Waals surface area contributed by atoms with Gasteiger partial charge in [-0.25, -0.2) is 4.79 Å². The minimum atomic E-state index is -0.877. The Morgan fingerprint density at radius 1 is 1.06 bits per heavy atom. The second-order valence-corrected chi connectivity index (χ2v) is 9.55. The predicted octanol–water partition coefficient (Wildman–Crippen LogP) is 4.72. The number of rotatable bonds is 2. The molecule has 5 heteroatoms. The lowest BCUT2D eigenvalue weighted by Gasteiger charge is -2.43. The first-order valence-electron chi connectivity index (χ1n) is 11.7. The zero-order valence-corrected chi connectivity index (χ0v) is 18.4. The van der Waals surface area contributed by atoms with E-state index >= 15 is 0 Å². The highest BCUT2D eigenvalue weighted by atomic mass is 16.6. The molecule has 1 spiro atoms. The van der Waals surface area contributed by atoms with Crippen molar-refractivity contribution in [2.45, 2.75) is 56.1 Å². The fraction of sp³-hybridized carbons (Fsp3) is 0.407. The standard InChI is InChI=1S/C27H28N2O3/c1-18-11-12-19-13-15-27(25(30)29(18)19)14-6-16-28(27)26(31)32-17-24-22-9-4-2-7-20(22)21-8-3-5-10-23(21)24/h2-5,7-10,13,15,18-19,24H,6,11-12,14,16-17H2,1H3. The molecule has 6 rings (SSSR count). The van der Waals surface area contributed by atoms with Crippen molar-refractivity contribution in [3.05, 3.63) is 71.8 Å². The Morgan fingerprint density at radius 2 is 1.75 bits per heavy atom. The first-order chi connectivity index (χ1) is 15.6. The van der Waals surface area contributed by atoms with E-state index in [2.05, 4.69) is 37.3 Å². The van der Waals surface area contributed by atoms with Crippen LogP contribution in [0.1, 0.15) is 49.7 Å². The highest BCUT2D eigenvalue weighted by Crippen LogP contribution is 2.45. The molecule has 0 N–H and O–H groups in total. The number of nitrogens with zero attached hydrogens (tertiary/aromatic N) is 2. The van der Waals surface area contributed by atoms with E-state index in [4.69, 9.17) is 4.74 Å². The van der Waals surface area contributed by atoms with Crippen LogP contribution in [0.15, 0.2) is 60.7 Å². The zero-order chi connectivity index (χ0) is 21.9. The molecule has 3 atom stereocenters. The van der Waals surface area contributed by atoms with Crippen LogP contribution >= 0.6 is 0 Å². The zero-order valence-electron chi connectivity index (χ0n) is 18.4. The van der Waals surface area contributed by atoms with Gasteiger partial charge in [0, 0.05) is 18.5 Å². The molecule has 3 unspecified atom stereocenters. The summed E-state index contributed by atoms with van der Waals surface area (Å²) < 4.78 is 5.92. The van der Waals surface area contributed by atoms with Crippen molar-refractivity contribution in [1.29, 1.82) is 0 Å². The Balaban J connectivity index is 1.24. The molecule has 0 bridgehead atoms. The van der Waals surface area contributed by atoms with E-state index in [1.165, 1.54) is 22.3 Å². The Bertz CT molecular complexity index is 1080. The van der Waals surface area contributed by atoms with Gasteiger partial charge in [-0.15, -0.1) is 0 Å². The molecule has 4 aliphatic rings. The van der Waals surface area contributed by atoms with Crippen LogP contribution in [0.25, 0.3) is 11.1 Å². The van der Waals surface area contributed by atoms with Gasteiger partial charge < -0.3 is 9.64 Å². The monoisotopic (exact) mass is 428 g/mol. The molecule has 2 aromatic rings. The summed E-state index contributed by atoms with van der Waals surface area (Å²) in [4.78, 5) is 30.6. The summed E-state index contributed by atoms with van der Waals surface area (Å²) in [5.41, 5.74) is 3.93. The van der Waals surface area contributed by atoms with Crippen LogP contribution < -0.4 is 0 Å². The molecule has 164 valence electrons. The minimum absolute atomic E-state index is 0.0190. The van der Waals surface area contributed by atoms with E-state index in [1.807, 2.05) is 35.2 Å². The number of likely N-dealkylation sites (tertiary alicyclic amines) is 1. The molecule has 0 radical (unpaired) electrons. The number of carbonyl (C=O) groups is 2. The van der Waals surface area contributed by atoms with Gasteiger partial charge in [0.25, 0.3) is 5.91 Å². The topological polar surface area (TPSA) is 49.9 Å². The third-order valence-corrected chi connectivity index (χ3v) is 7.89. The lowest BCUT2D eigenvalue weighted by Crippen LogP contribution is -2.61. The van der Waals surface area contributed by atoms with Crippen LogP contribution in [-0.2, 0) is 9.53 Å². The van der Waals surface area contributed by atoms with E-state index in [1.54, 1.807) is 4.90 Å². The van der Waals surface area contributed by atoms with Crippen molar-refractivity contribution in [1.82, 2.24) is 9.80 Å². The molecule has 3 aliphatic heterocycles. The van der Waals surface area contributed by atoms with Crippen LogP contribution in [0.5, 0.6) is 0 Å². The molecular formula is C27H28N2O3. The number of hydrogen-bond acceptors (Lipinski definition) is 3. The largest absolute Gasteiger partial charge is 0.448 e. The fourth-order valence-corrected chi connectivity index (χ4v) is 6.28. The molecule has 3 heterocycles. The number of amides is 2. The second-order valence-electron chi connectivity index (χ2n) is 9.55. The molecule has 2 amide bonds. The number of ether oxygens (including phenoxy) is 1. The summed E-state index contributed by atoms with van der Waals surface area (Å²) in [5, 5.41) is 0. The Kier molecular flexibility index (Phi) is 4.42. The van der Waals surface area contributed by atoms with Crippen LogP contribution in [0.3, 0.4) is 0 Å². The lowest BCUT2D eigenvalue weighted by molar-refractivity contribution is -0.142. The third-order valence-electron chi connectivity index (χ3n) is 7.89. The maximum absolute atomic E-state index is 13.6. The second kappa shape index (κ2) is 7.22. The molecule has 2 saturated heterocycles. The van der Waals surface area contributed by atoms with Crippen molar-refractivity contribution in [3.8, 4) is 11.1 Å². The molecule has 0 saturated carbocycles. The predicted molar refractivity (Wildman–Crippen MR) is 122 cm³/mol. The van der Waals surface area contributed by atoms with Crippen molar-refractivity contribution < 1.29 is 14.3 Å². The Morgan fingerprint density at radius 3 is 2.47 bits per heavy atom. The third kappa shape index (κ3) is 2.70. The van der Waals surface area contributed by atoms with E-state index in [0.717, 1.165) is 19.3 Å². The SMILES string of the molecule is CC1CCC2C=CC3(CCCN3C(=O)OCC3c4ccccc4-c4ccccc43)C(=O)N12. The summed E-state index contributed by atoms with van der Waals surface area (Å²) in [6.45, 7) is 2.94. The highest BCUT2D eigenvalue weighted by molar-refractivity contribution is 5.94. The summed E-state index contributed by atoms with van der Waals surface area (Å²) in [7, 11) is 0. The molecular weight excluding hydrogens is 400 g/mol. The van der Waals surface area contributed by atoms with Crippen molar-refractivity contribution in [2.24, 2.45) is 0 Å². The van der Waals surface area contributed by atoms with Crippen LogP contribution in [0, 0.1) is 0 Å². The molecule has 1 aliphatic carbocycles. The van der Waals surface area contributed by atoms with Crippen molar-refractivity contribution in [2.75, 3.05) is 13.2 Å². The highest BCUT2D eigenvalue weighted by Gasteiger charge is 2.55. The van der Waals surface area contributed by atoms with Gasteiger partial charge in [0.05, 0.1) is 6.04 Å². The number of hydrogen-bond donors (Lipinski definition) is 0. The van der Waals surface area contributed by atoms with E-state index in [0.29, 0.717) is 13.0 Å². The quantitative estimate of drug-likeness (QED) is 0.651. The number of benzene rings is 2. The Labute approximate surface area is 188 Å². The van der Waals surface area contributed by atoms with Gasteiger partial charge in [-0.3, -0.25) is 9.69 Å². The minimum Gasteiger partial charge on any atom is -0.448 e. The summed E-state index contributed by atoms with van der Waals surface area (Å²) in [6.07, 6.45) is 7.25. The number of fused-ring (bicyclic) bond motifs is 4. The van der Waals surface area contributed by atoms with Gasteiger partial charge in [-0.2, -0.15) is 0 Å². The summed E-state index contributed by atoms with van der Waals surface area (Å²) >= 11 is 0. The first-order valence-corrected chi connectivity index (χ1v) is 11.7. The maximum Gasteiger partial charge on any atom is 0.410 e. The van der Waals surface area contributed by atoms with Crippen molar-refractivity contribution >= 4 is 12.0 Å². The molecule has 2 fully saturated rings. The summed E-state index contributed by atoms with van der Waals surface area (Å²) in [6, 6.07) is 17.1. The van der Waals surface area contributed by atoms with E-state index < -0.39 is 5.54 Å². The molecule has 2 aromatic carbocycles. The van der Waals surface area contributed by atoms with Crippen LogP contribution in [-0.4, -0.2) is 52.6 Å².